The molecule has 2 aromatic rings. The molecule has 22 heavy (non-hydrogen) atoms. The predicted octanol–water partition coefficient (Wildman–Crippen LogP) is 2.18. The molecule has 0 bridgehead atoms. The third-order valence-electron chi connectivity index (χ3n) is 3.05. The quantitative estimate of drug-likeness (QED) is 0.442. The molecule has 0 fully saturated rings. The summed E-state index contributed by atoms with van der Waals surface area (Å²) in [5, 5.41) is 8.12. The molecule has 2 heterocycles. The van der Waals surface area contributed by atoms with Gasteiger partial charge in [0.05, 0.1) is 6.61 Å². The zero-order chi connectivity index (χ0) is 15.9. The molecule has 2 aromatic heterocycles. The van der Waals surface area contributed by atoms with Crippen LogP contribution >= 0.6 is 11.8 Å². The number of pyridine rings is 1. The first-order valence-electron chi connectivity index (χ1n) is 7.16. The number of rotatable bonds is 7. The Morgan fingerprint density at radius 2 is 2.27 bits per heavy atom. The van der Waals surface area contributed by atoms with E-state index in [0.717, 1.165) is 24.2 Å². The van der Waals surface area contributed by atoms with Crippen LogP contribution in [0.15, 0.2) is 29.7 Å². The molecule has 0 N–H and O–H groups in total. The van der Waals surface area contributed by atoms with E-state index >= 15 is 0 Å². The Morgan fingerprint density at radius 1 is 1.45 bits per heavy atom. The molecule has 0 aliphatic heterocycles. The van der Waals surface area contributed by atoms with Gasteiger partial charge < -0.3 is 9.30 Å². The van der Waals surface area contributed by atoms with Gasteiger partial charge in [0.25, 0.3) is 0 Å². The van der Waals surface area contributed by atoms with E-state index in [9.17, 15) is 4.79 Å². The van der Waals surface area contributed by atoms with Gasteiger partial charge in [0.1, 0.15) is 11.6 Å². The fourth-order valence-corrected chi connectivity index (χ4v) is 2.66. The maximum absolute atomic E-state index is 11.9. The van der Waals surface area contributed by atoms with Crippen molar-refractivity contribution in [2.75, 3.05) is 6.61 Å². The van der Waals surface area contributed by atoms with Crippen LogP contribution in [0.3, 0.4) is 0 Å². The van der Waals surface area contributed by atoms with E-state index in [-0.39, 0.29) is 11.2 Å². The highest BCUT2D eigenvalue weighted by molar-refractivity contribution is 8.00. The first-order valence-corrected chi connectivity index (χ1v) is 8.04. The molecule has 0 aliphatic rings. The summed E-state index contributed by atoms with van der Waals surface area (Å²) in [6.07, 6.45) is 3.18. The van der Waals surface area contributed by atoms with Gasteiger partial charge in [0.15, 0.2) is 5.16 Å². The summed E-state index contributed by atoms with van der Waals surface area (Å²) < 4.78 is 7.08. The zero-order valence-electron chi connectivity index (χ0n) is 13.0. The molecule has 2 rings (SSSR count). The molecule has 0 radical (unpaired) electrons. The third kappa shape index (κ3) is 4.84. The number of aryl methyl sites for hydroxylation is 3. The van der Waals surface area contributed by atoms with Crippen LogP contribution in [0.5, 0.6) is 0 Å². The fourth-order valence-electron chi connectivity index (χ4n) is 1.87. The first-order chi connectivity index (χ1) is 10.6. The van der Waals surface area contributed by atoms with Crippen molar-refractivity contribution in [2.45, 2.75) is 37.1 Å². The van der Waals surface area contributed by atoms with Crippen LogP contribution in [0.1, 0.15) is 24.7 Å². The Hall–Kier alpha value is -1.89. The molecule has 0 spiro atoms. The van der Waals surface area contributed by atoms with Gasteiger partial charge in [-0.05, 0) is 38.8 Å². The summed E-state index contributed by atoms with van der Waals surface area (Å²) in [5.41, 5.74) is 2.03. The number of nitrogens with zero attached hydrogens (tertiary/aromatic N) is 4. The van der Waals surface area contributed by atoms with Crippen LogP contribution < -0.4 is 0 Å². The van der Waals surface area contributed by atoms with E-state index in [1.165, 1.54) is 11.8 Å². The van der Waals surface area contributed by atoms with Gasteiger partial charge in [0.2, 0.25) is 0 Å². The van der Waals surface area contributed by atoms with Crippen LogP contribution in [-0.2, 0) is 23.0 Å². The van der Waals surface area contributed by atoms with E-state index in [2.05, 4.69) is 15.2 Å². The molecular formula is C15H20N4O2S. The maximum atomic E-state index is 11.9. The number of thioether (sulfide) groups is 1. The van der Waals surface area contributed by atoms with Crippen molar-refractivity contribution in [1.82, 2.24) is 19.7 Å². The molecule has 1 atom stereocenters. The fraction of sp³-hybridized carbons (Fsp3) is 0.467. The lowest BCUT2D eigenvalue weighted by molar-refractivity contribution is -0.142. The number of carbonyl (C=O) groups excluding carboxylic acids is 1. The van der Waals surface area contributed by atoms with Crippen LogP contribution in [0, 0.1) is 6.92 Å². The molecule has 7 heteroatoms. The Balaban J connectivity index is 1.70. The maximum Gasteiger partial charge on any atom is 0.319 e. The second kappa shape index (κ2) is 7.93. The summed E-state index contributed by atoms with van der Waals surface area (Å²) in [4.78, 5) is 16.4. The molecule has 6 nitrogen and oxygen atoms in total. The van der Waals surface area contributed by atoms with E-state index in [1.807, 2.05) is 39.1 Å². The molecular weight excluding hydrogens is 300 g/mol. The van der Waals surface area contributed by atoms with Gasteiger partial charge in [-0.3, -0.25) is 9.78 Å². The Morgan fingerprint density at radius 3 is 2.95 bits per heavy atom. The highest BCUT2D eigenvalue weighted by Gasteiger charge is 2.18. The lowest BCUT2D eigenvalue weighted by atomic mass is 10.2. The lowest BCUT2D eigenvalue weighted by Crippen LogP contribution is -2.18. The molecule has 1 unspecified atom stereocenters. The van der Waals surface area contributed by atoms with Crippen molar-refractivity contribution in [1.29, 1.82) is 0 Å². The van der Waals surface area contributed by atoms with Crippen molar-refractivity contribution in [2.24, 2.45) is 7.05 Å². The average Bonchev–Trinajstić information content (AvgIpc) is 2.88. The largest absolute Gasteiger partial charge is 0.465 e. The number of ether oxygens (including phenoxy) is 1. The van der Waals surface area contributed by atoms with E-state index in [4.69, 9.17) is 4.74 Å². The second-order valence-corrected chi connectivity index (χ2v) is 6.33. The summed E-state index contributed by atoms with van der Waals surface area (Å²) in [6.45, 7) is 4.18. The van der Waals surface area contributed by atoms with Crippen molar-refractivity contribution in [3.05, 3.63) is 35.9 Å². The first kappa shape index (κ1) is 16.5. The number of aromatic nitrogens is 4. The highest BCUT2D eigenvalue weighted by Crippen LogP contribution is 2.20. The summed E-state index contributed by atoms with van der Waals surface area (Å²) in [6, 6.07) is 5.94. The standard InChI is InChI=1S/C15H20N4O2S/c1-11-6-4-7-13(17-11)8-5-9-21-14(20)12(2)22-15-18-16-10-19(15)3/h4,6-7,10,12H,5,8-9H2,1-3H3. The highest BCUT2D eigenvalue weighted by atomic mass is 32.2. The smallest absolute Gasteiger partial charge is 0.319 e. The van der Waals surface area contributed by atoms with Gasteiger partial charge in [-0.1, -0.05) is 17.8 Å². The number of hydrogen-bond donors (Lipinski definition) is 0. The van der Waals surface area contributed by atoms with Gasteiger partial charge in [-0.15, -0.1) is 10.2 Å². The topological polar surface area (TPSA) is 69.9 Å². The van der Waals surface area contributed by atoms with Crippen LogP contribution in [-0.4, -0.2) is 37.6 Å². The molecule has 0 aromatic carbocycles. The van der Waals surface area contributed by atoms with Crippen molar-refractivity contribution < 1.29 is 9.53 Å². The number of carbonyl (C=O) groups is 1. The van der Waals surface area contributed by atoms with E-state index in [0.29, 0.717) is 11.8 Å². The molecule has 0 saturated carbocycles. The minimum atomic E-state index is -0.306. The summed E-state index contributed by atoms with van der Waals surface area (Å²) in [5.74, 6) is -0.231. The van der Waals surface area contributed by atoms with Crippen LogP contribution in [0.2, 0.25) is 0 Å². The van der Waals surface area contributed by atoms with Gasteiger partial charge in [-0.2, -0.15) is 0 Å². The van der Waals surface area contributed by atoms with Gasteiger partial charge >= 0.3 is 5.97 Å². The van der Waals surface area contributed by atoms with Gasteiger partial charge in [-0.25, -0.2) is 0 Å². The zero-order valence-corrected chi connectivity index (χ0v) is 13.8. The second-order valence-electron chi connectivity index (χ2n) is 5.03. The van der Waals surface area contributed by atoms with Crippen molar-refractivity contribution in [3.8, 4) is 0 Å². The summed E-state index contributed by atoms with van der Waals surface area (Å²) >= 11 is 1.34. The van der Waals surface area contributed by atoms with E-state index in [1.54, 1.807) is 10.9 Å². The molecule has 0 amide bonds. The van der Waals surface area contributed by atoms with Crippen molar-refractivity contribution in [3.63, 3.8) is 0 Å². The minimum Gasteiger partial charge on any atom is -0.465 e. The minimum absolute atomic E-state index is 0.231. The van der Waals surface area contributed by atoms with E-state index < -0.39 is 0 Å². The Kier molecular flexibility index (Phi) is 5.94. The lowest BCUT2D eigenvalue weighted by Gasteiger charge is -2.10. The number of esters is 1. The molecule has 118 valence electrons. The van der Waals surface area contributed by atoms with Crippen LogP contribution in [0.25, 0.3) is 0 Å². The van der Waals surface area contributed by atoms with Crippen molar-refractivity contribution >= 4 is 17.7 Å². The van der Waals surface area contributed by atoms with Gasteiger partial charge in [0, 0.05) is 18.4 Å². The SMILES string of the molecule is Cc1cccc(CCCOC(=O)C(C)Sc2nncn2C)n1. The predicted molar refractivity (Wildman–Crippen MR) is 84.6 cm³/mol. The monoisotopic (exact) mass is 320 g/mol. The average molecular weight is 320 g/mol. The number of hydrogen-bond acceptors (Lipinski definition) is 6. The Bertz CT molecular complexity index is 630. The summed E-state index contributed by atoms with van der Waals surface area (Å²) in [7, 11) is 1.84. The third-order valence-corrected chi connectivity index (χ3v) is 4.18. The molecule has 0 aliphatic carbocycles. The molecule has 0 saturated heterocycles. The normalized spacial score (nSPS) is 12.1. The van der Waals surface area contributed by atoms with Crippen LogP contribution in [0.4, 0.5) is 0 Å². The Labute approximate surface area is 134 Å².